The van der Waals surface area contributed by atoms with Crippen LogP contribution in [0, 0.1) is 21.7 Å². The number of furan rings is 1. The van der Waals surface area contributed by atoms with E-state index >= 15 is 0 Å². The molecule has 30 heavy (non-hydrogen) atoms. The number of aromatic nitrogens is 1. The molecule has 2 aromatic heterocycles. The summed E-state index contributed by atoms with van der Waals surface area (Å²) in [6.07, 6.45) is 1.30. The zero-order valence-corrected chi connectivity index (χ0v) is 15.9. The molecular formula is C20H12F2N4O3S. The van der Waals surface area contributed by atoms with E-state index in [0.717, 1.165) is 17.7 Å². The Kier molecular flexibility index (Phi) is 5.31. The van der Waals surface area contributed by atoms with E-state index in [1.165, 1.54) is 40.4 Å². The first kappa shape index (κ1) is 19.4. The van der Waals surface area contributed by atoms with Gasteiger partial charge in [-0.2, -0.15) is 5.10 Å². The van der Waals surface area contributed by atoms with Crippen molar-refractivity contribution in [2.45, 2.75) is 0 Å². The van der Waals surface area contributed by atoms with Gasteiger partial charge in [0.15, 0.2) is 11.6 Å². The van der Waals surface area contributed by atoms with E-state index in [1.54, 1.807) is 5.38 Å². The summed E-state index contributed by atoms with van der Waals surface area (Å²) in [5.41, 5.74) is 1.45. The van der Waals surface area contributed by atoms with Gasteiger partial charge in [0, 0.05) is 17.0 Å². The zero-order chi connectivity index (χ0) is 21.1. The predicted octanol–water partition coefficient (Wildman–Crippen LogP) is 5.11. The Morgan fingerprint density at radius 2 is 1.90 bits per heavy atom. The van der Waals surface area contributed by atoms with E-state index in [4.69, 9.17) is 4.42 Å². The maximum Gasteiger partial charge on any atom is 0.433 e. The normalized spacial score (nSPS) is 12.0. The topological polar surface area (TPSA) is 85.9 Å². The van der Waals surface area contributed by atoms with Crippen molar-refractivity contribution in [1.29, 1.82) is 0 Å². The lowest BCUT2D eigenvalue weighted by Gasteiger charge is -2.03. The molecule has 7 nitrogen and oxygen atoms in total. The maximum absolute atomic E-state index is 14.1. The molecule has 2 heterocycles. The Balaban J connectivity index is 1.83. The molecular weight excluding hydrogens is 414 g/mol. The van der Waals surface area contributed by atoms with Gasteiger partial charge in [-0.15, -0.1) is 11.3 Å². The molecule has 4 rings (SSSR count). The van der Waals surface area contributed by atoms with Crippen LogP contribution in [0.4, 0.5) is 20.4 Å². The van der Waals surface area contributed by atoms with Gasteiger partial charge in [-0.3, -0.25) is 10.1 Å². The number of rotatable bonds is 5. The molecule has 0 saturated carbocycles. The summed E-state index contributed by atoms with van der Waals surface area (Å²) in [6, 6.07) is 15.0. The smallest absolute Gasteiger partial charge is 0.400 e. The summed E-state index contributed by atoms with van der Waals surface area (Å²) < 4.78 is 33.8. The van der Waals surface area contributed by atoms with Gasteiger partial charge >= 0.3 is 5.88 Å². The van der Waals surface area contributed by atoms with Crippen LogP contribution in [-0.4, -0.2) is 15.8 Å². The molecule has 10 heteroatoms. The summed E-state index contributed by atoms with van der Waals surface area (Å²) in [7, 11) is 0. The van der Waals surface area contributed by atoms with Crippen LogP contribution in [0.3, 0.4) is 0 Å². The molecule has 2 aromatic carbocycles. The number of thiazole rings is 1. The van der Waals surface area contributed by atoms with E-state index in [1.807, 2.05) is 30.3 Å². The van der Waals surface area contributed by atoms with Crippen LogP contribution in [0.5, 0.6) is 0 Å². The predicted molar refractivity (Wildman–Crippen MR) is 108 cm³/mol. The minimum atomic E-state index is -0.804. The largest absolute Gasteiger partial charge is 0.433 e. The molecule has 0 fully saturated rings. The number of nitro groups is 1. The zero-order valence-electron chi connectivity index (χ0n) is 15.1. The van der Waals surface area contributed by atoms with Crippen molar-refractivity contribution in [3.63, 3.8) is 0 Å². The summed E-state index contributed by atoms with van der Waals surface area (Å²) >= 11 is 1.21. The Bertz CT molecular complexity index is 1310. The van der Waals surface area contributed by atoms with E-state index in [2.05, 4.69) is 10.1 Å². The molecule has 0 aliphatic rings. The maximum atomic E-state index is 14.1. The molecule has 150 valence electrons. The van der Waals surface area contributed by atoms with Crippen molar-refractivity contribution in [2.24, 2.45) is 10.1 Å². The fourth-order valence-corrected chi connectivity index (χ4v) is 3.44. The highest BCUT2D eigenvalue weighted by molar-refractivity contribution is 7.07. The molecule has 0 atom stereocenters. The van der Waals surface area contributed by atoms with Crippen LogP contribution in [0.2, 0.25) is 0 Å². The molecule has 0 N–H and O–H groups in total. The Hall–Kier alpha value is -3.92. The Morgan fingerprint density at radius 3 is 2.60 bits per heavy atom. The summed E-state index contributed by atoms with van der Waals surface area (Å²) in [4.78, 5) is 14.7. The van der Waals surface area contributed by atoms with Crippen LogP contribution >= 0.6 is 11.3 Å². The van der Waals surface area contributed by atoms with Gasteiger partial charge in [-0.25, -0.2) is 18.4 Å². The average molecular weight is 426 g/mol. The molecule has 0 bridgehead atoms. The third-order valence-corrected chi connectivity index (χ3v) is 4.79. The van der Waals surface area contributed by atoms with Crippen molar-refractivity contribution < 1.29 is 18.1 Å². The fraction of sp³-hybridized carbons (Fsp3) is 0. The molecule has 0 saturated heterocycles. The van der Waals surface area contributed by atoms with E-state index in [0.29, 0.717) is 10.5 Å². The third-order valence-electron chi connectivity index (χ3n) is 3.97. The lowest BCUT2D eigenvalue weighted by atomic mass is 10.2. The summed E-state index contributed by atoms with van der Waals surface area (Å²) in [6.45, 7) is 0. The van der Waals surface area contributed by atoms with Crippen molar-refractivity contribution in [3.8, 4) is 11.3 Å². The van der Waals surface area contributed by atoms with E-state index < -0.39 is 22.4 Å². The highest BCUT2D eigenvalue weighted by Crippen LogP contribution is 2.22. The first-order chi connectivity index (χ1) is 14.5. The number of nitrogens with zero attached hydrogens (tertiary/aromatic N) is 4. The SMILES string of the molecule is O=[N+]([O-])c1ccc(C=Nn2c(-c3ccccc3)csc2=Nc2ccc(F)cc2F)o1. The van der Waals surface area contributed by atoms with Gasteiger partial charge in [-0.1, -0.05) is 30.3 Å². The lowest BCUT2D eigenvalue weighted by Crippen LogP contribution is -2.11. The number of benzene rings is 2. The molecule has 0 radical (unpaired) electrons. The third kappa shape index (κ3) is 4.08. The fourth-order valence-electron chi connectivity index (χ4n) is 2.60. The molecule has 0 unspecified atom stereocenters. The molecule has 0 aliphatic heterocycles. The van der Waals surface area contributed by atoms with Gasteiger partial charge < -0.3 is 4.42 Å². The first-order valence-corrected chi connectivity index (χ1v) is 9.43. The minimum absolute atomic E-state index is 0.0459. The average Bonchev–Trinajstić information content (AvgIpc) is 3.36. The second-order valence-electron chi connectivity index (χ2n) is 5.97. The number of hydrogen-bond donors (Lipinski definition) is 0. The van der Waals surface area contributed by atoms with Crippen LogP contribution in [0.1, 0.15) is 5.76 Å². The minimum Gasteiger partial charge on any atom is -0.400 e. The van der Waals surface area contributed by atoms with Crippen molar-refractivity contribution in [3.05, 3.63) is 98.4 Å². The van der Waals surface area contributed by atoms with Crippen molar-refractivity contribution >= 4 is 29.1 Å². The second-order valence-corrected chi connectivity index (χ2v) is 6.80. The van der Waals surface area contributed by atoms with Crippen molar-refractivity contribution in [2.75, 3.05) is 0 Å². The Morgan fingerprint density at radius 1 is 1.10 bits per heavy atom. The summed E-state index contributed by atoms with van der Waals surface area (Å²) in [5, 5.41) is 16.9. The van der Waals surface area contributed by atoms with Gasteiger partial charge in [0.1, 0.15) is 16.4 Å². The van der Waals surface area contributed by atoms with Gasteiger partial charge in [0.25, 0.3) is 0 Å². The van der Waals surface area contributed by atoms with Crippen molar-refractivity contribution in [1.82, 2.24) is 4.68 Å². The van der Waals surface area contributed by atoms with Gasteiger partial charge in [0.2, 0.25) is 4.80 Å². The lowest BCUT2D eigenvalue weighted by molar-refractivity contribution is -0.402. The Labute approximate surface area is 172 Å². The van der Waals surface area contributed by atoms with Gasteiger partial charge in [0.05, 0.1) is 18.0 Å². The standard InChI is InChI=1S/C20H12F2N4O3S/c21-14-6-8-17(16(22)10-14)24-20-25(18(12-30-20)13-4-2-1-3-5-13)23-11-15-7-9-19(29-15)26(27)28/h1-12H. The van der Waals surface area contributed by atoms with Crippen LogP contribution in [0.15, 0.2) is 80.6 Å². The highest BCUT2D eigenvalue weighted by Gasteiger charge is 2.12. The van der Waals surface area contributed by atoms with Crippen LogP contribution < -0.4 is 4.80 Å². The van der Waals surface area contributed by atoms with Crippen LogP contribution in [-0.2, 0) is 0 Å². The summed E-state index contributed by atoms with van der Waals surface area (Å²) in [5.74, 6) is -1.75. The molecule has 0 spiro atoms. The first-order valence-electron chi connectivity index (χ1n) is 8.55. The molecule has 0 aliphatic carbocycles. The number of halogens is 2. The van der Waals surface area contributed by atoms with Gasteiger partial charge in [-0.05, 0) is 18.2 Å². The highest BCUT2D eigenvalue weighted by atomic mass is 32.1. The second kappa shape index (κ2) is 8.21. The number of hydrogen-bond acceptors (Lipinski definition) is 6. The van der Waals surface area contributed by atoms with E-state index in [9.17, 15) is 18.9 Å². The van der Waals surface area contributed by atoms with Crippen LogP contribution in [0.25, 0.3) is 11.3 Å². The molecule has 0 amide bonds. The quantitative estimate of drug-likeness (QED) is 0.252. The monoisotopic (exact) mass is 426 g/mol. The van der Waals surface area contributed by atoms with E-state index in [-0.39, 0.29) is 11.4 Å². The molecule has 4 aromatic rings.